The van der Waals surface area contributed by atoms with Gasteiger partial charge in [-0.05, 0) is 12.8 Å². The lowest BCUT2D eigenvalue weighted by Crippen LogP contribution is -2.39. The van der Waals surface area contributed by atoms with Gasteiger partial charge in [-0.1, -0.05) is 13.3 Å². The second kappa shape index (κ2) is 6.80. The molecule has 0 fully saturated rings. The summed E-state index contributed by atoms with van der Waals surface area (Å²) in [5, 5.41) is 9.06. The highest BCUT2D eigenvalue weighted by atomic mass is 19.4. The second-order valence-corrected chi connectivity index (χ2v) is 3.96. The van der Waals surface area contributed by atoms with E-state index in [1.807, 2.05) is 0 Å². The van der Waals surface area contributed by atoms with Gasteiger partial charge in [0.2, 0.25) is 0 Å². The summed E-state index contributed by atoms with van der Waals surface area (Å²) in [6.07, 6.45) is -3.47. The van der Waals surface area contributed by atoms with Crippen LogP contribution in [0.5, 0.6) is 0 Å². The van der Waals surface area contributed by atoms with Crippen LogP contribution in [0.2, 0.25) is 0 Å². The van der Waals surface area contributed by atoms with E-state index in [2.05, 4.69) is 4.74 Å². The van der Waals surface area contributed by atoms with E-state index >= 15 is 0 Å². The van der Waals surface area contributed by atoms with Gasteiger partial charge in [0.1, 0.15) is 6.61 Å². The Balaban J connectivity index is 4.22. The molecule has 0 radical (unpaired) electrons. The zero-order chi connectivity index (χ0) is 13.5. The summed E-state index contributed by atoms with van der Waals surface area (Å²) in [6, 6.07) is 0. The maximum absolute atomic E-state index is 11.8. The normalized spacial score (nSPS) is 15.6. The predicted octanol–water partition coefficient (Wildman–Crippen LogP) is 1.79. The van der Waals surface area contributed by atoms with Crippen LogP contribution < -0.4 is 5.73 Å². The zero-order valence-corrected chi connectivity index (χ0v) is 9.72. The van der Waals surface area contributed by atoms with Gasteiger partial charge in [-0.3, -0.25) is 4.79 Å². The molecule has 1 unspecified atom stereocenters. The molecule has 0 rings (SSSR count). The second-order valence-electron chi connectivity index (χ2n) is 3.96. The monoisotopic (exact) mass is 257 g/mol. The Morgan fingerprint density at radius 3 is 2.29 bits per heavy atom. The average molecular weight is 257 g/mol. The maximum Gasteiger partial charge on any atom is 0.411 e. The number of carboxylic acid groups (broad SMARTS) is 1. The van der Waals surface area contributed by atoms with Gasteiger partial charge in [0.25, 0.3) is 0 Å². The molecule has 0 bridgehead atoms. The molecule has 3 N–H and O–H groups in total. The standard InChI is InChI=1S/C10H18F3NO3/c1-2-3-9(6-14,8(15)16)4-5-17-7-10(11,12)13/h2-7,14H2,1H3,(H,15,16). The molecule has 0 aromatic rings. The fourth-order valence-electron chi connectivity index (χ4n) is 1.56. The fourth-order valence-corrected chi connectivity index (χ4v) is 1.56. The number of carboxylic acids is 1. The van der Waals surface area contributed by atoms with E-state index in [1.165, 1.54) is 0 Å². The Bertz CT molecular complexity index is 245. The summed E-state index contributed by atoms with van der Waals surface area (Å²) in [5.41, 5.74) is 4.22. The number of ether oxygens (including phenoxy) is 1. The Morgan fingerprint density at radius 2 is 1.94 bits per heavy atom. The molecule has 17 heavy (non-hydrogen) atoms. The van der Waals surface area contributed by atoms with Crippen molar-refractivity contribution in [3.8, 4) is 0 Å². The first-order chi connectivity index (χ1) is 7.77. The molecule has 0 spiro atoms. The highest BCUT2D eigenvalue weighted by Gasteiger charge is 2.36. The molecule has 1 atom stereocenters. The number of hydrogen-bond donors (Lipinski definition) is 2. The number of halogens is 3. The molecule has 7 heteroatoms. The minimum Gasteiger partial charge on any atom is -0.481 e. The predicted molar refractivity (Wildman–Crippen MR) is 55.5 cm³/mol. The van der Waals surface area contributed by atoms with Crippen LogP contribution in [0.4, 0.5) is 13.2 Å². The summed E-state index contributed by atoms with van der Waals surface area (Å²) in [6.45, 7) is 0.0673. The van der Waals surface area contributed by atoms with E-state index in [9.17, 15) is 18.0 Å². The van der Waals surface area contributed by atoms with E-state index < -0.39 is 24.2 Å². The highest BCUT2D eigenvalue weighted by molar-refractivity contribution is 5.74. The molecule has 0 saturated heterocycles. The quantitative estimate of drug-likeness (QED) is 0.650. The minimum absolute atomic E-state index is 0.0112. The van der Waals surface area contributed by atoms with Crippen molar-refractivity contribution in [1.29, 1.82) is 0 Å². The van der Waals surface area contributed by atoms with Gasteiger partial charge in [0.05, 0.1) is 5.41 Å². The topological polar surface area (TPSA) is 72.5 Å². The van der Waals surface area contributed by atoms with E-state index in [4.69, 9.17) is 10.8 Å². The first-order valence-electron chi connectivity index (χ1n) is 5.35. The lowest BCUT2D eigenvalue weighted by atomic mass is 9.80. The van der Waals surface area contributed by atoms with Crippen LogP contribution in [0.3, 0.4) is 0 Å². The molecule has 0 aromatic heterocycles. The minimum atomic E-state index is -4.39. The Hall–Kier alpha value is -0.820. The number of rotatable bonds is 8. The van der Waals surface area contributed by atoms with Crippen molar-refractivity contribution in [3.63, 3.8) is 0 Å². The lowest BCUT2D eigenvalue weighted by Gasteiger charge is -2.27. The molecule has 102 valence electrons. The van der Waals surface area contributed by atoms with Crippen LogP contribution >= 0.6 is 0 Å². The molecule has 0 saturated carbocycles. The first kappa shape index (κ1) is 16.2. The summed E-state index contributed by atoms with van der Waals surface area (Å²) in [5.74, 6) is -1.09. The molecule has 0 aliphatic rings. The van der Waals surface area contributed by atoms with E-state index in [0.29, 0.717) is 12.8 Å². The van der Waals surface area contributed by atoms with Gasteiger partial charge in [-0.2, -0.15) is 13.2 Å². The van der Waals surface area contributed by atoms with Crippen LogP contribution in [0.1, 0.15) is 26.2 Å². The molecule has 0 aromatic carbocycles. The summed E-state index contributed by atoms with van der Waals surface area (Å²) >= 11 is 0. The van der Waals surface area contributed by atoms with Crippen molar-refractivity contribution in [3.05, 3.63) is 0 Å². The van der Waals surface area contributed by atoms with Crippen LogP contribution in [0, 0.1) is 5.41 Å². The summed E-state index contributed by atoms with van der Waals surface area (Å²) in [4.78, 5) is 11.1. The molecule has 4 nitrogen and oxygen atoms in total. The van der Waals surface area contributed by atoms with E-state index in [1.54, 1.807) is 6.92 Å². The van der Waals surface area contributed by atoms with Crippen molar-refractivity contribution in [2.75, 3.05) is 19.8 Å². The van der Waals surface area contributed by atoms with Crippen molar-refractivity contribution >= 4 is 5.97 Å². The molecule has 0 aliphatic carbocycles. The molecular weight excluding hydrogens is 239 g/mol. The largest absolute Gasteiger partial charge is 0.481 e. The van der Waals surface area contributed by atoms with Gasteiger partial charge in [-0.15, -0.1) is 0 Å². The van der Waals surface area contributed by atoms with Crippen molar-refractivity contribution in [1.82, 2.24) is 0 Å². The van der Waals surface area contributed by atoms with Gasteiger partial charge >= 0.3 is 12.1 Å². The van der Waals surface area contributed by atoms with Crippen LogP contribution in [-0.4, -0.2) is 37.0 Å². The zero-order valence-electron chi connectivity index (χ0n) is 9.72. The van der Waals surface area contributed by atoms with Crippen molar-refractivity contribution in [2.45, 2.75) is 32.4 Å². The van der Waals surface area contributed by atoms with Gasteiger partial charge < -0.3 is 15.6 Å². The lowest BCUT2D eigenvalue weighted by molar-refractivity contribution is -0.176. The number of aliphatic carboxylic acids is 1. The van der Waals surface area contributed by atoms with Crippen LogP contribution in [-0.2, 0) is 9.53 Å². The maximum atomic E-state index is 11.8. The van der Waals surface area contributed by atoms with Crippen molar-refractivity contribution in [2.24, 2.45) is 11.1 Å². The first-order valence-corrected chi connectivity index (χ1v) is 5.35. The Labute approximate surface area is 97.9 Å². The number of nitrogens with two attached hydrogens (primary N) is 1. The smallest absolute Gasteiger partial charge is 0.411 e. The van der Waals surface area contributed by atoms with Crippen molar-refractivity contribution < 1.29 is 27.8 Å². The van der Waals surface area contributed by atoms with Gasteiger partial charge in [0.15, 0.2) is 0 Å². The third kappa shape index (κ3) is 5.88. The van der Waals surface area contributed by atoms with Gasteiger partial charge in [-0.25, -0.2) is 0 Å². The SMILES string of the molecule is CCCC(CN)(CCOCC(F)(F)F)C(=O)O. The third-order valence-corrected chi connectivity index (χ3v) is 2.56. The van der Waals surface area contributed by atoms with E-state index in [0.717, 1.165) is 0 Å². The van der Waals surface area contributed by atoms with Crippen LogP contribution in [0.25, 0.3) is 0 Å². The number of alkyl halides is 3. The Kier molecular flexibility index (Phi) is 6.48. The molecule has 0 heterocycles. The third-order valence-electron chi connectivity index (χ3n) is 2.56. The van der Waals surface area contributed by atoms with Crippen LogP contribution in [0.15, 0.2) is 0 Å². The number of carbonyl (C=O) groups is 1. The van der Waals surface area contributed by atoms with E-state index in [-0.39, 0.29) is 19.6 Å². The summed E-state index contributed by atoms with van der Waals surface area (Å²) in [7, 11) is 0. The average Bonchev–Trinajstić information content (AvgIpc) is 2.21. The molecular formula is C10H18F3NO3. The fraction of sp³-hybridized carbons (Fsp3) is 0.900. The molecule has 0 amide bonds. The Morgan fingerprint density at radius 1 is 1.35 bits per heavy atom. The highest BCUT2D eigenvalue weighted by Crippen LogP contribution is 2.28. The summed E-state index contributed by atoms with van der Waals surface area (Å²) < 4.78 is 39.8. The molecule has 0 aliphatic heterocycles. The van der Waals surface area contributed by atoms with Gasteiger partial charge in [0, 0.05) is 13.2 Å². The number of hydrogen-bond acceptors (Lipinski definition) is 3.